The second-order valence-electron chi connectivity index (χ2n) is 6.90. The van der Waals surface area contributed by atoms with Gasteiger partial charge in [0.2, 0.25) is 0 Å². The summed E-state index contributed by atoms with van der Waals surface area (Å²) in [5.74, 6) is 0.996. The van der Waals surface area contributed by atoms with E-state index in [9.17, 15) is 9.59 Å². The molecule has 2 aromatic rings. The van der Waals surface area contributed by atoms with Crippen molar-refractivity contribution in [1.82, 2.24) is 10.2 Å². The highest BCUT2D eigenvalue weighted by Gasteiger charge is 2.23. The van der Waals surface area contributed by atoms with Gasteiger partial charge in [0.1, 0.15) is 0 Å². The number of carbonyl (C=O) groups excluding carboxylic acids is 2. The summed E-state index contributed by atoms with van der Waals surface area (Å²) in [7, 11) is 3.32. The van der Waals surface area contributed by atoms with Crippen molar-refractivity contribution in [3.8, 4) is 11.5 Å². The molecular formula is C22H26N2O4. The average molecular weight is 382 g/mol. The molecule has 2 amide bonds. The van der Waals surface area contributed by atoms with E-state index in [1.807, 2.05) is 19.1 Å². The number of rotatable bonds is 8. The Kier molecular flexibility index (Phi) is 6.19. The van der Waals surface area contributed by atoms with Crippen LogP contribution in [0.1, 0.15) is 46.0 Å². The number of hydrogen-bond acceptors (Lipinski definition) is 4. The first kappa shape index (κ1) is 19.7. The number of benzene rings is 2. The number of hydrogen-bond donors (Lipinski definition) is 1. The fraction of sp³-hybridized carbons (Fsp3) is 0.364. The maximum Gasteiger partial charge on any atom is 0.254 e. The molecule has 148 valence electrons. The molecule has 0 radical (unpaired) electrons. The van der Waals surface area contributed by atoms with Crippen LogP contribution < -0.4 is 14.8 Å². The lowest BCUT2D eigenvalue weighted by atomic mass is 10.1. The van der Waals surface area contributed by atoms with Gasteiger partial charge < -0.3 is 19.7 Å². The first-order valence-corrected chi connectivity index (χ1v) is 9.48. The van der Waals surface area contributed by atoms with Crippen LogP contribution in [-0.4, -0.2) is 43.5 Å². The Morgan fingerprint density at radius 1 is 1.07 bits per heavy atom. The van der Waals surface area contributed by atoms with Gasteiger partial charge in [0.05, 0.1) is 13.7 Å². The highest BCUT2D eigenvalue weighted by Crippen LogP contribution is 2.28. The van der Waals surface area contributed by atoms with Crippen molar-refractivity contribution in [1.29, 1.82) is 0 Å². The molecule has 2 aromatic carbocycles. The molecule has 1 N–H and O–H groups in total. The van der Waals surface area contributed by atoms with E-state index in [1.165, 1.54) is 0 Å². The number of carbonyl (C=O) groups is 2. The SMILES string of the molecule is CCOc1cc(C(=O)N(C)Cc2ccc(C(=O)NC3CC3)cc2)ccc1OC. The lowest BCUT2D eigenvalue weighted by Crippen LogP contribution is -2.27. The third kappa shape index (κ3) is 4.82. The van der Waals surface area contributed by atoms with E-state index >= 15 is 0 Å². The molecule has 0 spiro atoms. The van der Waals surface area contributed by atoms with Gasteiger partial charge >= 0.3 is 0 Å². The van der Waals surface area contributed by atoms with Crippen LogP contribution >= 0.6 is 0 Å². The minimum Gasteiger partial charge on any atom is -0.493 e. The summed E-state index contributed by atoms with van der Waals surface area (Å²) in [6, 6.07) is 12.9. The van der Waals surface area contributed by atoms with Crippen molar-refractivity contribution in [3.05, 3.63) is 59.2 Å². The Balaban J connectivity index is 1.65. The van der Waals surface area contributed by atoms with Gasteiger partial charge in [0.15, 0.2) is 11.5 Å². The Hall–Kier alpha value is -3.02. The highest BCUT2D eigenvalue weighted by molar-refractivity contribution is 5.95. The van der Waals surface area contributed by atoms with Crippen LogP contribution in [0.4, 0.5) is 0 Å². The van der Waals surface area contributed by atoms with E-state index < -0.39 is 0 Å². The molecule has 1 aliphatic rings. The smallest absolute Gasteiger partial charge is 0.254 e. The molecule has 0 aromatic heterocycles. The minimum atomic E-state index is -0.112. The summed E-state index contributed by atoms with van der Waals surface area (Å²) in [6.07, 6.45) is 2.13. The third-order valence-corrected chi connectivity index (χ3v) is 4.61. The van der Waals surface area contributed by atoms with Gasteiger partial charge in [-0.2, -0.15) is 0 Å². The van der Waals surface area contributed by atoms with E-state index in [-0.39, 0.29) is 11.8 Å². The van der Waals surface area contributed by atoms with Crippen LogP contribution in [0.3, 0.4) is 0 Å². The summed E-state index contributed by atoms with van der Waals surface area (Å²) in [5.41, 5.74) is 2.13. The molecule has 6 nitrogen and oxygen atoms in total. The highest BCUT2D eigenvalue weighted by atomic mass is 16.5. The van der Waals surface area contributed by atoms with Crippen molar-refractivity contribution >= 4 is 11.8 Å². The van der Waals surface area contributed by atoms with Crippen LogP contribution in [0.25, 0.3) is 0 Å². The molecule has 1 fully saturated rings. The molecule has 0 aliphatic heterocycles. The number of ether oxygens (including phenoxy) is 2. The van der Waals surface area contributed by atoms with Gasteiger partial charge in [-0.15, -0.1) is 0 Å². The van der Waals surface area contributed by atoms with Gasteiger partial charge in [0.25, 0.3) is 11.8 Å². The van der Waals surface area contributed by atoms with Crippen LogP contribution in [0.5, 0.6) is 11.5 Å². The Labute approximate surface area is 165 Å². The monoisotopic (exact) mass is 382 g/mol. The first-order chi connectivity index (χ1) is 13.5. The van der Waals surface area contributed by atoms with E-state index in [2.05, 4.69) is 5.32 Å². The second-order valence-corrected chi connectivity index (χ2v) is 6.90. The standard InChI is InChI=1S/C22H26N2O4/c1-4-28-20-13-17(9-12-19(20)27-3)22(26)24(2)14-15-5-7-16(8-6-15)21(25)23-18-10-11-18/h5-9,12-13,18H,4,10-11,14H2,1-3H3,(H,23,25). The number of nitrogens with zero attached hydrogens (tertiary/aromatic N) is 1. The van der Waals surface area contributed by atoms with E-state index in [4.69, 9.17) is 9.47 Å². The largest absolute Gasteiger partial charge is 0.493 e. The van der Waals surface area contributed by atoms with E-state index in [0.29, 0.717) is 41.8 Å². The molecule has 28 heavy (non-hydrogen) atoms. The topological polar surface area (TPSA) is 67.9 Å². The van der Waals surface area contributed by atoms with E-state index in [0.717, 1.165) is 18.4 Å². The lowest BCUT2D eigenvalue weighted by molar-refractivity contribution is 0.0784. The number of amides is 2. The fourth-order valence-electron chi connectivity index (χ4n) is 2.90. The Bertz CT molecular complexity index is 844. The zero-order chi connectivity index (χ0) is 20.1. The Morgan fingerprint density at radius 3 is 2.36 bits per heavy atom. The Morgan fingerprint density at radius 2 is 1.75 bits per heavy atom. The van der Waals surface area contributed by atoms with Gasteiger partial charge in [-0.05, 0) is 55.7 Å². The molecule has 1 aliphatic carbocycles. The molecule has 0 unspecified atom stereocenters. The first-order valence-electron chi connectivity index (χ1n) is 9.48. The third-order valence-electron chi connectivity index (χ3n) is 4.61. The van der Waals surface area contributed by atoms with E-state index in [1.54, 1.807) is 49.4 Å². The molecular weight excluding hydrogens is 356 g/mol. The van der Waals surface area contributed by atoms with Gasteiger partial charge in [0, 0.05) is 30.8 Å². The van der Waals surface area contributed by atoms with Crippen LogP contribution in [0.2, 0.25) is 0 Å². The molecule has 1 saturated carbocycles. The van der Waals surface area contributed by atoms with Crippen molar-refractivity contribution < 1.29 is 19.1 Å². The van der Waals surface area contributed by atoms with Crippen molar-refractivity contribution in [3.63, 3.8) is 0 Å². The normalized spacial score (nSPS) is 13.0. The summed E-state index contributed by atoms with van der Waals surface area (Å²) in [4.78, 5) is 26.5. The van der Waals surface area contributed by atoms with Crippen molar-refractivity contribution in [2.75, 3.05) is 20.8 Å². The van der Waals surface area contributed by atoms with Gasteiger partial charge in [-0.25, -0.2) is 0 Å². The minimum absolute atomic E-state index is 0.0415. The number of nitrogens with one attached hydrogen (secondary N) is 1. The van der Waals surface area contributed by atoms with Crippen LogP contribution in [0, 0.1) is 0 Å². The summed E-state index contributed by atoms with van der Waals surface area (Å²) in [5, 5.41) is 2.97. The predicted molar refractivity (Wildman–Crippen MR) is 107 cm³/mol. The summed E-state index contributed by atoms with van der Waals surface area (Å²) >= 11 is 0. The van der Waals surface area contributed by atoms with Crippen LogP contribution in [0.15, 0.2) is 42.5 Å². The second kappa shape index (κ2) is 8.78. The number of methoxy groups -OCH3 is 1. The zero-order valence-electron chi connectivity index (χ0n) is 16.5. The van der Waals surface area contributed by atoms with Crippen molar-refractivity contribution in [2.24, 2.45) is 0 Å². The molecule has 6 heteroatoms. The lowest BCUT2D eigenvalue weighted by Gasteiger charge is -2.18. The average Bonchev–Trinajstić information content (AvgIpc) is 3.52. The van der Waals surface area contributed by atoms with Crippen molar-refractivity contribution in [2.45, 2.75) is 32.4 Å². The maximum atomic E-state index is 12.8. The van der Waals surface area contributed by atoms with Gasteiger partial charge in [-0.3, -0.25) is 9.59 Å². The van der Waals surface area contributed by atoms with Gasteiger partial charge in [-0.1, -0.05) is 12.1 Å². The fourth-order valence-corrected chi connectivity index (χ4v) is 2.90. The predicted octanol–water partition coefficient (Wildman–Crippen LogP) is 3.26. The molecule has 0 atom stereocenters. The summed E-state index contributed by atoms with van der Waals surface area (Å²) < 4.78 is 10.8. The molecule has 0 bridgehead atoms. The quantitative estimate of drug-likeness (QED) is 0.761. The maximum absolute atomic E-state index is 12.8. The van der Waals surface area contributed by atoms with Crippen LogP contribution in [-0.2, 0) is 6.54 Å². The molecule has 0 heterocycles. The zero-order valence-corrected chi connectivity index (χ0v) is 16.5. The molecule has 0 saturated heterocycles. The summed E-state index contributed by atoms with van der Waals surface area (Å²) in [6.45, 7) is 2.82. The molecule has 3 rings (SSSR count).